The highest BCUT2D eigenvalue weighted by atomic mass is 16.5. The minimum absolute atomic E-state index is 0.831. The van der Waals surface area contributed by atoms with E-state index < -0.39 is 0 Å². The second-order valence-electron chi connectivity index (χ2n) is 5.30. The van der Waals surface area contributed by atoms with Crippen LogP contribution in [0.1, 0.15) is 12.5 Å². The monoisotopic (exact) mass is 286 g/mol. The molecule has 0 bridgehead atoms. The predicted octanol–water partition coefficient (Wildman–Crippen LogP) is 6.18. The minimum Gasteiger partial charge on any atom is -0.457 e. The van der Waals surface area contributed by atoms with Gasteiger partial charge in [0.15, 0.2) is 0 Å². The summed E-state index contributed by atoms with van der Waals surface area (Å²) in [4.78, 5) is 0. The molecule has 0 N–H and O–H groups in total. The average Bonchev–Trinajstić information content (AvgIpc) is 2.57. The first-order valence-corrected chi connectivity index (χ1v) is 7.32. The Kier molecular flexibility index (Phi) is 4.06. The molecule has 0 saturated carbocycles. The smallest absolute Gasteiger partial charge is 0.127 e. The van der Waals surface area contributed by atoms with E-state index in [4.69, 9.17) is 4.74 Å². The van der Waals surface area contributed by atoms with Crippen LogP contribution in [-0.4, -0.2) is 0 Å². The number of hydrogen-bond donors (Lipinski definition) is 0. The average molecular weight is 286 g/mol. The van der Waals surface area contributed by atoms with Gasteiger partial charge in [-0.05, 0) is 47.9 Å². The first-order chi connectivity index (χ1) is 10.7. The maximum atomic E-state index is 5.87. The maximum absolute atomic E-state index is 5.87. The number of allylic oxidation sites excluding steroid dienone is 1. The van der Waals surface area contributed by atoms with Crippen LogP contribution in [0.3, 0.4) is 0 Å². The lowest BCUT2D eigenvalue weighted by Gasteiger charge is -2.08. The number of benzene rings is 3. The molecule has 0 aliphatic heterocycles. The molecule has 1 heteroatoms. The second kappa shape index (κ2) is 6.31. The van der Waals surface area contributed by atoms with Crippen molar-refractivity contribution in [2.24, 2.45) is 0 Å². The highest BCUT2D eigenvalue weighted by Gasteiger charge is 2.00. The van der Waals surface area contributed by atoms with Crippen molar-refractivity contribution in [3.63, 3.8) is 0 Å². The SMILES string of the molecule is C=C(C)c1ccc(Oc2ccc(-c3ccccc3)cc2)cc1. The van der Waals surface area contributed by atoms with Gasteiger partial charge in [-0.3, -0.25) is 0 Å². The topological polar surface area (TPSA) is 9.23 Å². The molecular formula is C21H18O. The zero-order valence-electron chi connectivity index (χ0n) is 12.6. The normalized spacial score (nSPS) is 10.2. The van der Waals surface area contributed by atoms with Crippen molar-refractivity contribution in [3.05, 3.63) is 91.0 Å². The van der Waals surface area contributed by atoms with Gasteiger partial charge in [0, 0.05) is 0 Å². The van der Waals surface area contributed by atoms with Crippen molar-refractivity contribution in [2.45, 2.75) is 6.92 Å². The van der Waals surface area contributed by atoms with Gasteiger partial charge >= 0.3 is 0 Å². The highest BCUT2D eigenvalue weighted by Crippen LogP contribution is 2.26. The molecule has 3 aromatic carbocycles. The fourth-order valence-electron chi connectivity index (χ4n) is 2.29. The molecule has 3 rings (SSSR count). The minimum atomic E-state index is 0.831. The molecule has 0 fully saturated rings. The van der Waals surface area contributed by atoms with E-state index in [-0.39, 0.29) is 0 Å². The van der Waals surface area contributed by atoms with Crippen molar-refractivity contribution in [1.29, 1.82) is 0 Å². The van der Waals surface area contributed by atoms with Crippen molar-refractivity contribution >= 4 is 5.57 Å². The molecule has 0 aliphatic carbocycles. The van der Waals surface area contributed by atoms with Crippen LogP contribution in [0, 0.1) is 0 Å². The zero-order chi connectivity index (χ0) is 15.4. The molecule has 0 aliphatic rings. The molecular weight excluding hydrogens is 268 g/mol. The lowest BCUT2D eigenvalue weighted by atomic mass is 10.1. The van der Waals surface area contributed by atoms with E-state index in [0.717, 1.165) is 22.6 Å². The van der Waals surface area contributed by atoms with E-state index in [1.165, 1.54) is 11.1 Å². The standard InChI is InChI=1S/C21H18O/c1-16(2)17-8-12-20(13-9-17)22-21-14-10-19(11-15-21)18-6-4-3-5-7-18/h3-15H,1H2,2H3. The fourth-order valence-corrected chi connectivity index (χ4v) is 2.29. The van der Waals surface area contributed by atoms with Gasteiger partial charge in [0.1, 0.15) is 11.5 Å². The Labute approximate surface area is 131 Å². The van der Waals surface area contributed by atoms with Gasteiger partial charge in [-0.1, -0.05) is 66.7 Å². The molecule has 22 heavy (non-hydrogen) atoms. The van der Waals surface area contributed by atoms with Crippen LogP contribution in [0.5, 0.6) is 11.5 Å². The summed E-state index contributed by atoms with van der Waals surface area (Å²) in [6.45, 7) is 5.93. The van der Waals surface area contributed by atoms with E-state index in [9.17, 15) is 0 Å². The maximum Gasteiger partial charge on any atom is 0.127 e. The Morgan fingerprint density at radius 3 is 1.73 bits per heavy atom. The lowest BCUT2D eigenvalue weighted by molar-refractivity contribution is 0.482. The Balaban J connectivity index is 1.75. The van der Waals surface area contributed by atoms with Gasteiger partial charge in [-0.25, -0.2) is 0 Å². The van der Waals surface area contributed by atoms with Crippen molar-refractivity contribution in [2.75, 3.05) is 0 Å². The van der Waals surface area contributed by atoms with Crippen molar-refractivity contribution in [1.82, 2.24) is 0 Å². The van der Waals surface area contributed by atoms with Gasteiger partial charge < -0.3 is 4.74 Å². The summed E-state index contributed by atoms with van der Waals surface area (Å²) in [5.41, 5.74) is 4.58. The van der Waals surface area contributed by atoms with Crippen LogP contribution < -0.4 is 4.74 Å². The molecule has 0 atom stereocenters. The highest BCUT2D eigenvalue weighted by molar-refractivity contribution is 5.64. The molecule has 0 spiro atoms. The summed E-state index contributed by atoms with van der Waals surface area (Å²) in [5, 5.41) is 0. The van der Waals surface area contributed by atoms with E-state index in [0.29, 0.717) is 0 Å². The number of rotatable bonds is 4. The van der Waals surface area contributed by atoms with Crippen molar-refractivity contribution in [3.8, 4) is 22.6 Å². The Hall–Kier alpha value is -2.80. The summed E-state index contributed by atoms with van der Waals surface area (Å²) in [5.74, 6) is 1.67. The fraction of sp³-hybridized carbons (Fsp3) is 0.0476. The van der Waals surface area contributed by atoms with E-state index in [1.807, 2.05) is 61.5 Å². The molecule has 1 nitrogen and oxygen atoms in total. The Morgan fingerprint density at radius 2 is 1.18 bits per heavy atom. The molecule has 0 heterocycles. The zero-order valence-corrected chi connectivity index (χ0v) is 12.6. The molecule has 3 aromatic rings. The van der Waals surface area contributed by atoms with Crippen LogP contribution in [-0.2, 0) is 0 Å². The largest absolute Gasteiger partial charge is 0.457 e. The quantitative estimate of drug-likeness (QED) is 0.556. The van der Waals surface area contributed by atoms with Crippen LogP contribution in [0.2, 0.25) is 0 Å². The first-order valence-electron chi connectivity index (χ1n) is 7.32. The predicted molar refractivity (Wildman–Crippen MR) is 93.1 cm³/mol. The summed E-state index contributed by atoms with van der Waals surface area (Å²) < 4.78 is 5.87. The molecule has 0 unspecified atom stereocenters. The molecule has 0 aromatic heterocycles. The van der Waals surface area contributed by atoms with Gasteiger partial charge in [0.25, 0.3) is 0 Å². The summed E-state index contributed by atoms with van der Waals surface area (Å²) in [7, 11) is 0. The number of hydrogen-bond acceptors (Lipinski definition) is 1. The summed E-state index contributed by atoms with van der Waals surface area (Å²) in [6, 6.07) is 26.4. The van der Waals surface area contributed by atoms with E-state index in [2.05, 4.69) is 30.8 Å². The molecule has 0 saturated heterocycles. The Morgan fingerprint density at radius 1 is 0.682 bits per heavy atom. The molecule has 0 radical (unpaired) electrons. The molecule has 108 valence electrons. The summed E-state index contributed by atoms with van der Waals surface area (Å²) >= 11 is 0. The van der Waals surface area contributed by atoms with Crippen LogP contribution in [0.15, 0.2) is 85.4 Å². The first kappa shape index (κ1) is 14.2. The molecule has 0 amide bonds. The van der Waals surface area contributed by atoms with E-state index in [1.54, 1.807) is 0 Å². The summed E-state index contributed by atoms with van der Waals surface area (Å²) in [6.07, 6.45) is 0. The van der Waals surface area contributed by atoms with E-state index >= 15 is 0 Å². The second-order valence-corrected chi connectivity index (χ2v) is 5.30. The van der Waals surface area contributed by atoms with Gasteiger partial charge in [-0.15, -0.1) is 0 Å². The Bertz CT molecular complexity index is 753. The van der Waals surface area contributed by atoms with Gasteiger partial charge in [-0.2, -0.15) is 0 Å². The third kappa shape index (κ3) is 3.26. The van der Waals surface area contributed by atoms with Gasteiger partial charge in [0.05, 0.1) is 0 Å². The third-order valence-corrected chi connectivity index (χ3v) is 3.54. The van der Waals surface area contributed by atoms with Crippen LogP contribution in [0.4, 0.5) is 0 Å². The van der Waals surface area contributed by atoms with Crippen molar-refractivity contribution < 1.29 is 4.74 Å². The van der Waals surface area contributed by atoms with Crippen LogP contribution >= 0.6 is 0 Å². The third-order valence-electron chi connectivity index (χ3n) is 3.54. The number of ether oxygens (including phenoxy) is 1. The lowest BCUT2D eigenvalue weighted by Crippen LogP contribution is -1.85. The van der Waals surface area contributed by atoms with Gasteiger partial charge in [0.2, 0.25) is 0 Å². The van der Waals surface area contributed by atoms with Crippen LogP contribution in [0.25, 0.3) is 16.7 Å².